The molecule has 1 saturated heterocycles. The highest BCUT2D eigenvalue weighted by molar-refractivity contribution is 5.82. The molecule has 1 aromatic rings. The molecule has 1 aliphatic carbocycles. The second kappa shape index (κ2) is 9.55. The third kappa shape index (κ3) is 5.46. The van der Waals surface area contributed by atoms with E-state index in [1.807, 2.05) is 34.6 Å². The van der Waals surface area contributed by atoms with E-state index in [0.29, 0.717) is 18.5 Å². The van der Waals surface area contributed by atoms with Gasteiger partial charge in [0.1, 0.15) is 17.2 Å². The van der Waals surface area contributed by atoms with Crippen molar-refractivity contribution in [2.24, 2.45) is 0 Å². The molecule has 0 radical (unpaired) electrons. The van der Waals surface area contributed by atoms with Gasteiger partial charge in [0.15, 0.2) is 0 Å². The lowest BCUT2D eigenvalue weighted by Crippen LogP contribution is -2.51. The SMILES string of the molecule is CCC(C)=C1CC(=O)NCC2C1=C(Nc1cc(F)c(C3CC3)cc1O)CCN2C(=O)OC(C)(C)C. The summed E-state index contributed by atoms with van der Waals surface area (Å²) in [6.07, 6.45) is 2.82. The van der Waals surface area contributed by atoms with Gasteiger partial charge >= 0.3 is 6.09 Å². The molecular weight excluding hydrogens is 449 g/mol. The van der Waals surface area contributed by atoms with Crippen molar-refractivity contribution in [3.63, 3.8) is 0 Å². The summed E-state index contributed by atoms with van der Waals surface area (Å²) < 4.78 is 20.5. The lowest BCUT2D eigenvalue weighted by Gasteiger charge is -2.39. The maximum absolute atomic E-state index is 14.8. The van der Waals surface area contributed by atoms with Gasteiger partial charge in [0.2, 0.25) is 5.91 Å². The number of hydrogen-bond donors (Lipinski definition) is 3. The third-order valence-corrected chi connectivity index (χ3v) is 6.88. The Labute approximate surface area is 206 Å². The number of halogens is 1. The first-order chi connectivity index (χ1) is 16.5. The van der Waals surface area contributed by atoms with Crippen molar-refractivity contribution in [1.82, 2.24) is 10.2 Å². The quantitative estimate of drug-likeness (QED) is 0.502. The second-order valence-electron chi connectivity index (χ2n) is 10.7. The van der Waals surface area contributed by atoms with Crippen LogP contribution in [0.25, 0.3) is 0 Å². The van der Waals surface area contributed by atoms with Crippen LogP contribution in [0.5, 0.6) is 5.75 Å². The van der Waals surface area contributed by atoms with Crippen molar-refractivity contribution in [3.05, 3.63) is 45.9 Å². The summed E-state index contributed by atoms with van der Waals surface area (Å²) in [5, 5.41) is 16.9. The highest BCUT2D eigenvalue weighted by atomic mass is 19.1. The van der Waals surface area contributed by atoms with E-state index >= 15 is 0 Å². The van der Waals surface area contributed by atoms with Gasteiger partial charge in [0.05, 0.1) is 18.2 Å². The standard InChI is InChI=1S/C27H36FN3O4/c1-6-15(2)17-12-24(33)29-14-22-25(17)20(9-10-31(22)26(34)35-27(3,4)5)30-21-13-19(28)18(11-23(21)32)16-7-8-16/h11,13,16,22,30,32H,6-10,12,14H2,1-5H3,(H,29,33). The Hall–Kier alpha value is -3.03. The third-order valence-electron chi connectivity index (χ3n) is 6.88. The topological polar surface area (TPSA) is 90.9 Å². The smallest absolute Gasteiger partial charge is 0.410 e. The fourth-order valence-electron chi connectivity index (χ4n) is 4.81. The van der Waals surface area contributed by atoms with Crippen molar-refractivity contribution < 1.29 is 23.8 Å². The summed E-state index contributed by atoms with van der Waals surface area (Å²) in [5.41, 5.74) is 3.72. The number of amides is 2. The maximum Gasteiger partial charge on any atom is 0.410 e. The molecule has 2 fully saturated rings. The van der Waals surface area contributed by atoms with Gasteiger partial charge in [-0.15, -0.1) is 0 Å². The average molecular weight is 486 g/mol. The number of nitrogens with one attached hydrogen (secondary N) is 2. The summed E-state index contributed by atoms with van der Waals surface area (Å²) in [6, 6.07) is 2.42. The highest BCUT2D eigenvalue weighted by Crippen LogP contribution is 2.44. The summed E-state index contributed by atoms with van der Waals surface area (Å²) in [5.74, 6) is -0.271. The molecule has 3 N–H and O–H groups in total. The van der Waals surface area contributed by atoms with E-state index in [-0.39, 0.29) is 42.0 Å². The van der Waals surface area contributed by atoms with Gasteiger partial charge < -0.3 is 20.5 Å². The van der Waals surface area contributed by atoms with E-state index in [0.717, 1.165) is 41.7 Å². The predicted octanol–water partition coefficient (Wildman–Crippen LogP) is 5.33. The van der Waals surface area contributed by atoms with Crippen LogP contribution in [0.3, 0.4) is 0 Å². The van der Waals surface area contributed by atoms with Gasteiger partial charge in [-0.2, -0.15) is 0 Å². The minimum atomic E-state index is -0.655. The molecule has 4 rings (SSSR count). The van der Waals surface area contributed by atoms with Gasteiger partial charge in [-0.3, -0.25) is 9.69 Å². The van der Waals surface area contributed by atoms with Crippen LogP contribution < -0.4 is 10.6 Å². The van der Waals surface area contributed by atoms with Crippen LogP contribution in [0, 0.1) is 5.82 Å². The molecule has 1 unspecified atom stereocenters. The van der Waals surface area contributed by atoms with Crippen LogP contribution in [-0.2, 0) is 9.53 Å². The first-order valence-electron chi connectivity index (χ1n) is 12.5. The predicted molar refractivity (Wildman–Crippen MR) is 133 cm³/mol. The van der Waals surface area contributed by atoms with Gasteiger partial charge in [-0.1, -0.05) is 12.5 Å². The molecule has 2 heterocycles. The molecule has 8 heteroatoms. The number of fused-ring (bicyclic) bond motifs is 1. The number of nitrogens with zero attached hydrogens (tertiary/aromatic N) is 1. The van der Waals surface area contributed by atoms with Crippen LogP contribution in [0.15, 0.2) is 34.5 Å². The average Bonchev–Trinajstić information content (AvgIpc) is 3.62. The molecule has 35 heavy (non-hydrogen) atoms. The van der Waals surface area contributed by atoms with Crippen LogP contribution in [-0.4, -0.2) is 46.7 Å². The molecule has 2 aliphatic heterocycles. The number of rotatable bonds is 4. The van der Waals surface area contributed by atoms with Crippen molar-refractivity contribution >= 4 is 17.7 Å². The van der Waals surface area contributed by atoms with Gasteiger partial charge in [0, 0.05) is 31.3 Å². The normalized spacial score (nSPS) is 22.3. The number of phenols is 1. The fraction of sp³-hybridized carbons (Fsp3) is 0.556. The highest BCUT2D eigenvalue weighted by Gasteiger charge is 2.39. The Morgan fingerprint density at radius 3 is 2.66 bits per heavy atom. The number of ether oxygens (including phenoxy) is 1. The van der Waals surface area contributed by atoms with Crippen LogP contribution in [0.2, 0.25) is 0 Å². The number of hydrogen-bond acceptors (Lipinski definition) is 5. The Morgan fingerprint density at radius 2 is 2.03 bits per heavy atom. The lowest BCUT2D eigenvalue weighted by atomic mass is 9.86. The molecule has 1 aromatic carbocycles. The molecule has 1 saturated carbocycles. The number of carbonyl (C=O) groups excluding carboxylic acids is 2. The zero-order valence-electron chi connectivity index (χ0n) is 21.3. The minimum absolute atomic E-state index is 0.00640. The summed E-state index contributed by atoms with van der Waals surface area (Å²) in [6.45, 7) is 10.1. The van der Waals surface area contributed by atoms with Crippen molar-refractivity contribution in [2.45, 2.75) is 84.3 Å². The molecule has 3 aliphatic rings. The summed E-state index contributed by atoms with van der Waals surface area (Å²) in [7, 11) is 0. The molecule has 0 spiro atoms. The minimum Gasteiger partial charge on any atom is -0.506 e. The Balaban J connectivity index is 1.78. The molecule has 190 valence electrons. The second-order valence-corrected chi connectivity index (χ2v) is 10.7. The van der Waals surface area contributed by atoms with E-state index in [1.54, 1.807) is 4.90 Å². The molecule has 1 atom stereocenters. The summed E-state index contributed by atoms with van der Waals surface area (Å²) >= 11 is 0. The largest absolute Gasteiger partial charge is 0.506 e. The fourth-order valence-corrected chi connectivity index (χ4v) is 4.81. The van der Waals surface area contributed by atoms with Gasteiger partial charge in [0.25, 0.3) is 0 Å². The van der Waals surface area contributed by atoms with E-state index in [2.05, 4.69) is 10.6 Å². The number of aromatic hydroxyl groups is 1. The molecular formula is C27H36FN3O4. The molecule has 0 bridgehead atoms. The van der Waals surface area contributed by atoms with Crippen molar-refractivity contribution in [2.75, 3.05) is 18.4 Å². The van der Waals surface area contributed by atoms with Gasteiger partial charge in [-0.05, 0) is 75.7 Å². The zero-order chi connectivity index (χ0) is 25.5. The number of carbonyl (C=O) groups is 2. The van der Waals surface area contributed by atoms with Crippen molar-refractivity contribution in [3.8, 4) is 5.75 Å². The Morgan fingerprint density at radius 1 is 1.31 bits per heavy atom. The number of allylic oxidation sites excluding steroid dienone is 1. The zero-order valence-corrected chi connectivity index (χ0v) is 21.3. The Bertz CT molecular complexity index is 1100. The molecule has 2 amide bonds. The maximum atomic E-state index is 14.8. The number of phenolic OH excluding ortho intramolecular Hbond substituents is 1. The number of anilines is 1. The molecule has 0 aromatic heterocycles. The van der Waals surface area contributed by atoms with Crippen LogP contribution in [0.4, 0.5) is 14.9 Å². The summed E-state index contributed by atoms with van der Waals surface area (Å²) in [4.78, 5) is 27.4. The van der Waals surface area contributed by atoms with Crippen molar-refractivity contribution in [1.29, 1.82) is 0 Å². The Kier molecular flexibility index (Phi) is 6.84. The van der Waals surface area contributed by atoms with Crippen LogP contribution >= 0.6 is 0 Å². The van der Waals surface area contributed by atoms with E-state index in [9.17, 15) is 19.1 Å². The van der Waals surface area contributed by atoms with E-state index in [4.69, 9.17) is 4.74 Å². The van der Waals surface area contributed by atoms with E-state index in [1.165, 1.54) is 12.1 Å². The lowest BCUT2D eigenvalue weighted by molar-refractivity contribution is -0.120. The monoisotopic (exact) mass is 485 g/mol. The molecule has 7 nitrogen and oxygen atoms in total. The van der Waals surface area contributed by atoms with Gasteiger partial charge in [-0.25, -0.2) is 9.18 Å². The van der Waals surface area contributed by atoms with Crippen LogP contribution in [0.1, 0.15) is 78.2 Å². The number of benzene rings is 1. The van der Waals surface area contributed by atoms with E-state index < -0.39 is 17.7 Å². The first kappa shape index (κ1) is 25.1. The first-order valence-corrected chi connectivity index (χ1v) is 12.5.